The van der Waals surface area contributed by atoms with E-state index in [1.54, 1.807) is 0 Å². The smallest absolute Gasteiger partial charge is 0.124 e. The van der Waals surface area contributed by atoms with Crippen LogP contribution >= 0.6 is 15.9 Å². The van der Waals surface area contributed by atoms with Crippen molar-refractivity contribution in [3.8, 4) is 0 Å². The Kier molecular flexibility index (Phi) is 5.00. The SMILES string of the molecule is CCCNC(c1ccc(F)cc1Br)c1cc(C)oc1C. The Morgan fingerprint density at radius 2 is 2.00 bits per heavy atom. The molecule has 0 saturated carbocycles. The Morgan fingerprint density at radius 3 is 2.55 bits per heavy atom. The van der Waals surface area contributed by atoms with Crippen molar-refractivity contribution in [1.29, 1.82) is 0 Å². The fourth-order valence-corrected chi connectivity index (χ4v) is 2.93. The molecule has 1 atom stereocenters. The van der Waals surface area contributed by atoms with E-state index in [2.05, 4.69) is 28.2 Å². The number of furan rings is 1. The lowest BCUT2D eigenvalue weighted by atomic mass is 9.98. The summed E-state index contributed by atoms with van der Waals surface area (Å²) >= 11 is 3.46. The minimum Gasteiger partial charge on any atom is -0.466 e. The number of hydrogen-bond donors (Lipinski definition) is 1. The molecule has 4 heteroatoms. The Bertz CT molecular complexity index is 594. The van der Waals surface area contributed by atoms with Gasteiger partial charge in [-0.15, -0.1) is 0 Å². The Hall–Kier alpha value is -1.13. The van der Waals surface area contributed by atoms with E-state index in [1.165, 1.54) is 12.1 Å². The Morgan fingerprint density at radius 1 is 1.25 bits per heavy atom. The summed E-state index contributed by atoms with van der Waals surface area (Å²) in [5.74, 6) is 1.54. The molecule has 1 unspecified atom stereocenters. The average Bonchev–Trinajstić information content (AvgIpc) is 2.71. The van der Waals surface area contributed by atoms with Crippen LogP contribution in [-0.4, -0.2) is 6.54 Å². The van der Waals surface area contributed by atoms with Crippen LogP contribution in [0.1, 0.15) is 42.0 Å². The summed E-state index contributed by atoms with van der Waals surface area (Å²) < 4.78 is 19.7. The normalized spacial score (nSPS) is 12.7. The molecule has 0 radical (unpaired) electrons. The van der Waals surface area contributed by atoms with Gasteiger partial charge in [0.1, 0.15) is 17.3 Å². The van der Waals surface area contributed by atoms with Crippen LogP contribution in [0.2, 0.25) is 0 Å². The van der Waals surface area contributed by atoms with Crippen LogP contribution in [0.15, 0.2) is 33.2 Å². The van der Waals surface area contributed by atoms with Crippen molar-refractivity contribution in [2.45, 2.75) is 33.2 Å². The highest BCUT2D eigenvalue weighted by atomic mass is 79.9. The molecule has 0 fully saturated rings. The molecule has 0 aliphatic heterocycles. The van der Waals surface area contributed by atoms with E-state index in [1.807, 2.05) is 26.0 Å². The predicted octanol–water partition coefficient (Wildman–Crippen LogP) is 4.89. The van der Waals surface area contributed by atoms with Crippen molar-refractivity contribution >= 4 is 15.9 Å². The van der Waals surface area contributed by atoms with Gasteiger partial charge in [-0.3, -0.25) is 0 Å². The van der Waals surface area contributed by atoms with Gasteiger partial charge in [-0.05, 0) is 50.6 Å². The quantitative estimate of drug-likeness (QED) is 0.839. The second-order valence-electron chi connectivity index (χ2n) is 4.92. The molecule has 0 aliphatic carbocycles. The van der Waals surface area contributed by atoms with E-state index in [-0.39, 0.29) is 11.9 Å². The molecule has 1 aromatic heterocycles. The standard InChI is InChI=1S/C16H19BrFNO/c1-4-7-19-16(14-8-10(2)20-11(14)3)13-6-5-12(18)9-15(13)17/h5-6,8-9,16,19H,4,7H2,1-3H3. The lowest BCUT2D eigenvalue weighted by Crippen LogP contribution is -2.23. The maximum Gasteiger partial charge on any atom is 0.124 e. The molecule has 0 saturated heterocycles. The van der Waals surface area contributed by atoms with Gasteiger partial charge in [-0.1, -0.05) is 28.9 Å². The molecule has 1 N–H and O–H groups in total. The number of rotatable bonds is 5. The molecular formula is C16H19BrFNO. The first-order valence-electron chi connectivity index (χ1n) is 6.78. The summed E-state index contributed by atoms with van der Waals surface area (Å²) in [5, 5.41) is 3.50. The number of halogens is 2. The van der Waals surface area contributed by atoms with E-state index in [4.69, 9.17) is 4.42 Å². The van der Waals surface area contributed by atoms with Crippen LogP contribution in [0.5, 0.6) is 0 Å². The van der Waals surface area contributed by atoms with Gasteiger partial charge >= 0.3 is 0 Å². The molecule has 0 amide bonds. The van der Waals surface area contributed by atoms with E-state index in [0.29, 0.717) is 0 Å². The van der Waals surface area contributed by atoms with Gasteiger partial charge in [0.2, 0.25) is 0 Å². The van der Waals surface area contributed by atoms with Crippen LogP contribution in [0.25, 0.3) is 0 Å². The van der Waals surface area contributed by atoms with Crippen LogP contribution in [0.3, 0.4) is 0 Å². The highest BCUT2D eigenvalue weighted by Gasteiger charge is 2.20. The summed E-state index contributed by atoms with van der Waals surface area (Å²) in [6.07, 6.45) is 1.03. The molecule has 108 valence electrons. The highest BCUT2D eigenvalue weighted by Crippen LogP contribution is 2.32. The van der Waals surface area contributed by atoms with Crippen LogP contribution in [0, 0.1) is 19.7 Å². The van der Waals surface area contributed by atoms with Gasteiger partial charge in [-0.2, -0.15) is 0 Å². The molecular weight excluding hydrogens is 321 g/mol. The maximum atomic E-state index is 13.3. The summed E-state index contributed by atoms with van der Waals surface area (Å²) in [7, 11) is 0. The van der Waals surface area contributed by atoms with E-state index >= 15 is 0 Å². The van der Waals surface area contributed by atoms with Crippen LogP contribution < -0.4 is 5.32 Å². The van der Waals surface area contributed by atoms with Gasteiger partial charge < -0.3 is 9.73 Å². The largest absolute Gasteiger partial charge is 0.466 e. The van der Waals surface area contributed by atoms with Crippen molar-refractivity contribution in [2.75, 3.05) is 6.54 Å². The molecule has 1 heterocycles. The number of benzene rings is 1. The lowest BCUT2D eigenvalue weighted by molar-refractivity contribution is 0.493. The molecule has 0 spiro atoms. The van der Waals surface area contributed by atoms with Crippen molar-refractivity contribution in [3.05, 3.63) is 57.2 Å². The summed E-state index contributed by atoms with van der Waals surface area (Å²) in [6.45, 7) is 6.91. The molecule has 2 nitrogen and oxygen atoms in total. The summed E-state index contributed by atoms with van der Waals surface area (Å²) in [6, 6.07) is 6.84. The third-order valence-corrected chi connectivity index (χ3v) is 3.95. The highest BCUT2D eigenvalue weighted by molar-refractivity contribution is 9.10. The maximum absolute atomic E-state index is 13.3. The van der Waals surface area contributed by atoms with Gasteiger partial charge in [0.05, 0.1) is 6.04 Å². The fourth-order valence-electron chi connectivity index (χ4n) is 2.35. The summed E-state index contributed by atoms with van der Waals surface area (Å²) in [5.41, 5.74) is 2.12. The molecule has 1 aromatic carbocycles. The molecule has 2 aromatic rings. The van der Waals surface area contributed by atoms with E-state index in [0.717, 1.165) is 40.1 Å². The van der Waals surface area contributed by atoms with Gasteiger partial charge in [-0.25, -0.2) is 4.39 Å². The topological polar surface area (TPSA) is 25.2 Å². The number of aryl methyl sites for hydroxylation is 2. The zero-order valence-electron chi connectivity index (χ0n) is 12.0. The second kappa shape index (κ2) is 6.55. The van der Waals surface area contributed by atoms with Gasteiger partial charge in [0.15, 0.2) is 0 Å². The lowest BCUT2D eigenvalue weighted by Gasteiger charge is -2.20. The van der Waals surface area contributed by atoms with E-state index in [9.17, 15) is 4.39 Å². The van der Waals surface area contributed by atoms with Crippen LogP contribution in [0.4, 0.5) is 4.39 Å². The predicted molar refractivity (Wildman–Crippen MR) is 82.4 cm³/mol. The van der Waals surface area contributed by atoms with Gasteiger partial charge in [0, 0.05) is 10.0 Å². The molecule has 20 heavy (non-hydrogen) atoms. The zero-order valence-corrected chi connectivity index (χ0v) is 13.6. The number of nitrogens with one attached hydrogen (secondary N) is 1. The molecule has 2 rings (SSSR count). The first kappa shape index (κ1) is 15.3. The minimum absolute atomic E-state index is 0.00220. The van der Waals surface area contributed by atoms with Crippen molar-refractivity contribution in [3.63, 3.8) is 0 Å². The summed E-state index contributed by atoms with van der Waals surface area (Å²) in [4.78, 5) is 0. The van der Waals surface area contributed by atoms with Crippen molar-refractivity contribution in [2.24, 2.45) is 0 Å². The van der Waals surface area contributed by atoms with Crippen molar-refractivity contribution in [1.82, 2.24) is 5.32 Å². The average molecular weight is 340 g/mol. The fraction of sp³-hybridized carbons (Fsp3) is 0.375. The first-order chi connectivity index (χ1) is 9.52. The van der Waals surface area contributed by atoms with E-state index < -0.39 is 0 Å². The Balaban J connectivity index is 2.44. The third-order valence-electron chi connectivity index (χ3n) is 3.26. The number of hydrogen-bond acceptors (Lipinski definition) is 2. The molecule has 0 aliphatic rings. The second-order valence-corrected chi connectivity index (χ2v) is 5.78. The Labute approximate surface area is 127 Å². The monoisotopic (exact) mass is 339 g/mol. The van der Waals surface area contributed by atoms with Crippen molar-refractivity contribution < 1.29 is 8.81 Å². The third kappa shape index (κ3) is 3.30. The van der Waals surface area contributed by atoms with Crippen LogP contribution in [-0.2, 0) is 0 Å². The first-order valence-corrected chi connectivity index (χ1v) is 7.57. The zero-order chi connectivity index (χ0) is 14.7. The minimum atomic E-state index is -0.241. The van der Waals surface area contributed by atoms with Gasteiger partial charge in [0.25, 0.3) is 0 Å². The molecule has 0 bridgehead atoms.